The number of nitrogens with zero attached hydrogens (tertiary/aromatic N) is 1. The molecule has 1 fully saturated rings. The van der Waals surface area contributed by atoms with E-state index in [1.165, 1.54) is 6.07 Å². The largest absolute Gasteiger partial charge is 0.241 e. The zero-order valence-corrected chi connectivity index (χ0v) is 6.61. The molecule has 58 valence electrons. The van der Waals surface area contributed by atoms with Crippen molar-refractivity contribution in [1.82, 2.24) is 4.98 Å². The number of pyridine rings is 1. The fourth-order valence-electron chi connectivity index (χ4n) is 1.12. The Hall–Kier alpha value is -0.630. The summed E-state index contributed by atoms with van der Waals surface area (Å²) in [5.41, 5.74) is 0.867. The predicted molar refractivity (Wildman–Crippen MR) is 41.2 cm³/mol. The first-order chi connectivity index (χ1) is 5.27. The third-order valence-electron chi connectivity index (χ3n) is 1.85. The van der Waals surface area contributed by atoms with Crippen LogP contribution in [0, 0.1) is 5.82 Å². The normalized spacial score (nSPS) is 16.9. The molecule has 1 aliphatic rings. The molecule has 0 saturated heterocycles. The smallest absolute Gasteiger partial charge is 0.141 e. The van der Waals surface area contributed by atoms with E-state index in [1.54, 1.807) is 0 Å². The van der Waals surface area contributed by atoms with Crippen LogP contribution < -0.4 is 0 Å². The fraction of sp³-hybridized carbons (Fsp3) is 0.375. The molecule has 1 aromatic heterocycles. The van der Waals surface area contributed by atoms with Gasteiger partial charge in [0, 0.05) is 0 Å². The molecule has 0 unspecified atom stereocenters. The lowest BCUT2D eigenvalue weighted by molar-refractivity contribution is 0.618. The minimum absolute atomic E-state index is 0.295. The van der Waals surface area contributed by atoms with Gasteiger partial charge in [0.15, 0.2) is 0 Å². The highest BCUT2D eigenvalue weighted by Crippen LogP contribution is 2.42. The minimum atomic E-state index is -0.295. The Labute approximate surface area is 69.2 Å². The summed E-state index contributed by atoms with van der Waals surface area (Å²) < 4.78 is 12.6. The zero-order valence-electron chi connectivity index (χ0n) is 5.85. The molecular formula is C8H7ClFN. The van der Waals surface area contributed by atoms with Crippen molar-refractivity contribution >= 4 is 11.6 Å². The van der Waals surface area contributed by atoms with Crippen LogP contribution in [-0.4, -0.2) is 4.98 Å². The van der Waals surface area contributed by atoms with Crippen molar-refractivity contribution in [2.45, 2.75) is 18.8 Å². The zero-order chi connectivity index (χ0) is 7.84. The average molecular weight is 172 g/mol. The quantitative estimate of drug-likeness (QED) is 0.592. The first-order valence-corrected chi connectivity index (χ1v) is 3.96. The van der Waals surface area contributed by atoms with Crippen molar-refractivity contribution in [3.63, 3.8) is 0 Å². The van der Waals surface area contributed by atoms with Gasteiger partial charge >= 0.3 is 0 Å². The molecule has 1 heterocycles. The van der Waals surface area contributed by atoms with Gasteiger partial charge in [-0.25, -0.2) is 9.37 Å². The molecule has 0 atom stereocenters. The van der Waals surface area contributed by atoms with Gasteiger partial charge < -0.3 is 0 Å². The summed E-state index contributed by atoms with van der Waals surface area (Å²) in [5.74, 6) is 0.169. The maximum absolute atomic E-state index is 12.6. The van der Waals surface area contributed by atoms with E-state index in [2.05, 4.69) is 4.98 Å². The molecule has 0 N–H and O–H groups in total. The predicted octanol–water partition coefficient (Wildman–Crippen LogP) is 2.75. The van der Waals surface area contributed by atoms with Crippen LogP contribution in [0.1, 0.15) is 24.3 Å². The van der Waals surface area contributed by atoms with Crippen LogP contribution in [0.2, 0.25) is 5.15 Å². The van der Waals surface area contributed by atoms with Crippen LogP contribution in [0.25, 0.3) is 0 Å². The van der Waals surface area contributed by atoms with Crippen LogP contribution in [0.15, 0.2) is 12.3 Å². The van der Waals surface area contributed by atoms with Crippen molar-refractivity contribution in [2.75, 3.05) is 0 Å². The van der Waals surface area contributed by atoms with Gasteiger partial charge in [0.05, 0.1) is 6.20 Å². The van der Waals surface area contributed by atoms with Gasteiger partial charge in [0.1, 0.15) is 11.0 Å². The topological polar surface area (TPSA) is 12.9 Å². The molecule has 1 aromatic rings. The molecule has 1 nitrogen and oxygen atoms in total. The molecule has 0 amide bonds. The summed E-state index contributed by atoms with van der Waals surface area (Å²) in [7, 11) is 0. The Morgan fingerprint density at radius 3 is 2.91 bits per heavy atom. The van der Waals surface area contributed by atoms with Crippen LogP contribution in [0.5, 0.6) is 0 Å². The van der Waals surface area contributed by atoms with Gasteiger partial charge in [0.2, 0.25) is 0 Å². The summed E-state index contributed by atoms with van der Waals surface area (Å²) in [4.78, 5) is 3.73. The highest BCUT2D eigenvalue weighted by atomic mass is 35.5. The molecule has 11 heavy (non-hydrogen) atoms. The molecule has 3 heteroatoms. The van der Waals surface area contributed by atoms with E-state index in [1.807, 2.05) is 0 Å². The second-order valence-corrected chi connectivity index (χ2v) is 3.17. The monoisotopic (exact) mass is 171 g/mol. The van der Waals surface area contributed by atoms with Gasteiger partial charge in [0.25, 0.3) is 0 Å². The molecule has 0 spiro atoms. The Morgan fingerprint density at radius 1 is 1.55 bits per heavy atom. The van der Waals surface area contributed by atoms with E-state index < -0.39 is 0 Å². The second-order valence-electron chi connectivity index (χ2n) is 2.81. The van der Waals surface area contributed by atoms with Crippen molar-refractivity contribution in [1.29, 1.82) is 0 Å². The van der Waals surface area contributed by atoms with Crippen molar-refractivity contribution in [2.24, 2.45) is 0 Å². The number of aromatic nitrogens is 1. The average Bonchev–Trinajstić information content (AvgIpc) is 2.76. The Balaban J connectivity index is 2.42. The summed E-state index contributed by atoms with van der Waals surface area (Å²) >= 11 is 5.75. The molecule has 1 aliphatic carbocycles. The standard InChI is InChI=1S/C8H7ClFN/c9-8-7(5-1-2-5)3-6(10)4-11-8/h3-5H,1-2H2. The Bertz CT molecular complexity index is 283. The summed E-state index contributed by atoms with van der Waals surface area (Å²) in [6, 6.07) is 1.48. The molecular weight excluding hydrogens is 165 g/mol. The number of halogens is 2. The van der Waals surface area contributed by atoms with E-state index in [9.17, 15) is 4.39 Å². The third-order valence-corrected chi connectivity index (χ3v) is 2.17. The van der Waals surface area contributed by atoms with Gasteiger partial charge in [-0.2, -0.15) is 0 Å². The van der Waals surface area contributed by atoms with Crippen LogP contribution in [0.4, 0.5) is 4.39 Å². The second kappa shape index (κ2) is 2.45. The van der Waals surface area contributed by atoms with Crippen LogP contribution in [-0.2, 0) is 0 Å². The van der Waals surface area contributed by atoms with E-state index >= 15 is 0 Å². The van der Waals surface area contributed by atoms with Gasteiger partial charge in [-0.3, -0.25) is 0 Å². The highest BCUT2D eigenvalue weighted by Gasteiger charge is 2.26. The molecule has 2 rings (SSSR count). The molecule has 0 bridgehead atoms. The van der Waals surface area contributed by atoms with E-state index in [4.69, 9.17) is 11.6 Å². The maximum Gasteiger partial charge on any atom is 0.141 e. The lowest BCUT2D eigenvalue weighted by Gasteiger charge is -1.99. The summed E-state index contributed by atoms with van der Waals surface area (Å²) in [6.07, 6.45) is 3.38. The highest BCUT2D eigenvalue weighted by molar-refractivity contribution is 6.30. The Morgan fingerprint density at radius 2 is 2.27 bits per heavy atom. The van der Waals surface area contributed by atoms with E-state index in [0.29, 0.717) is 11.1 Å². The molecule has 0 aliphatic heterocycles. The maximum atomic E-state index is 12.6. The van der Waals surface area contributed by atoms with Crippen molar-refractivity contribution in [3.05, 3.63) is 28.8 Å². The molecule has 0 radical (unpaired) electrons. The summed E-state index contributed by atoms with van der Waals surface area (Å²) in [5, 5.41) is 0.453. The third kappa shape index (κ3) is 1.36. The minimum Gasteiger partial charge on any atom is -0.241 e. The number of rotatable bonds is 1. The van der Waals surface area contributed by atoms with E-state index in [-0.39, 0.29) is 5.82 Å². The molecule has 0 aromatic carbocycles. The van der Waals surface area contributed by atoms with Gasteiger partial charge in [-0.05, 0) is 30.4 Å². The van der Waals surface area contributed by atoms with Crippen LogP contribution in [0.3, 0.4) is 0 Å². The SMILES string of the molecule is Fc1cnc(Cl)c(C2CC2)c1. The van der Waals surface area contributed by atoms with Crippen LogP contribution >= 0.6 is 11.6 Å². The van der Waals surface area contributed by atoms with Gasteiger partial charge in [-0.15, -0.1) is 0 Å². The summed E-state index contributed by atoms with van der Waals surface area (Å²) in [6.45, 7) is 0. The van der Waals surface area contributed by atoms with E-state index in [0.717, 1.165) is 24.6 Å². The molecule has 1 saturated carbocycles. The lowest BCUT2D eigenvalue weighted by atomic mass is 10.2. The Kier molecular flexibility index (Phi) is 1.57. The first-order valence-electron chi connectivity index (χ1n) is 3.58. The van der Waals surface area contributed by atoms with Crippen molar-refractivity contribution < 1.29 is 4.39 Å². The fourth-order valence-corrected chi connectivity index (χ4v) is 1.38. The van der Waals surface area contributed by atoms with Gasteiger partial charge in [-0.1, -0.05) is 11.6 Å². The number of hydrogen-bond donors (Lipinski definition) is 0. The number of hydrogen-bond acceptors (Lipinski definition) is 1. The van der Waals surface area contributed by atoms with Crippen molar-refractivity contribution in [3.8, 4) is 0 Å². The first kappa shape index (κ1) is 7.04. The lowest BCUT2D eigenvalue weighted by Crippen LogP contribution is -1.87.